The number of fused-ring (bicyclic) bond motifs is 3. The maximum absolute atomic E-state index is 6.32. The molecule has 2 aliphatic rings. The predicted octanol–water partition coefficient (Wildman–Crippen LogP) is 11.0. The molecule has 44 heavy (non-hydrogen) atoms. The lowest BCUT2D eigenvalue weighted by atomic mass is 9.82. The van der Waals surface area contributed by atoms with Gasteiger partial charge in [0.25, 0.3) is 0 Å². The van der Waals surface area contributed by atoms with Gasteiger partial charge in [-0.3, -0.25) is 4.98 Å². The van der Waals surface area contributed by atoms with Crippen LogP contribution in [0.4, 0.5) is 11.4 Å². The molecule has 8 rings (SSSR count). The third-order valence-electron chi connectivity index (χ3n) is 8.84. The summed E-state index contributed by atoms with van der Waals surface area (Å²) in [5.41, 5.74) is 11.7. The maximum atomic E-state index is 6.32. The number of aromatic nitrogens is 1. The van der Waals surface area contributed by atoms with Gasteiger partial charge in [0.1, 0.15) is 5.58 Å². The zero-order valence-corrected chi connectivity index (χ0v) is 24.4. The number of hydrogen-bond donors (Lipinski definition) is 0. The Balaban J connectivity index is 1.32. The Hall–Kier alpha value is -5.41. The van der Waals surface area contributed by atoms with Crippen LogP contribution in [-0.4, -0.2) is 4.98 Å². The van der Waals surface area contributed by atoms with Crippen LogP contribution in [0.25, 0.3) is 38.6 Å². The number of nitrogens with zero attached hydrogens (tertiary/aromatic N) is 2. The predicted molar refractivity (Wildman–Crippen MR) is 183 cm³/mol. The Morgan fingerprint density at radius 2 is 1.39 bits per heavy atom. The van der Waals surface area contributed by atoms with Gasteiger partial charge in [-0.05, 0) is 77.4 Å². The fraction of sp³-hybridized carbons (Fsp3) is 0.0976. The summed E-state index contributed by atoms with van der Waals surface area (Å²) in [7, 11) is 0. The van der Waals surface area contributed by atoms with Crippen molar-refractivity contribution in [1.29, 1.82) is 0 Å². The largest absolute Gasteiger partial charge is 0.454 e. The van der Waals surface area contributed by atoms with E-state index in [1.165, 1.54) is 33.5 Å². The minimum atomic E-state index is 0.307. The van der Waals surface area contributed by atoms with E-state index < -0.39 is 0 Å². The lowest BCUT2D eigenvalue weighted by Gasteiger charge is -2.34. The molecule has 0 N–H and O–H groups in total. The standard InChI is InChI=1S/C41H32N2O/c1-4-10-29(11-5-1)31-16-19-34(20-17-31)43(35-21-22-36-37-24-25-42-28-41(37)44-40(36)27-35)39-23-18-33(30-12-6-2-7-13-30)26-38(39)32-14-8-3-9-15-32/h1-14,16-17,19-22,24-28,32H,15,18,23H2. The first kappa shape index (κ1) is 26.2. The van der Waals surface area contributed by atoms with Crippen molar-refractivity contribution in [3.05, 3.63) is 169 Å². The molecule has 0 aliphatic heterocycles. The molecule has 6 aromatic rings. The second kappa shape index (κ2) is 11.3. The van der Waals surface area contributed by atoms with Crippen molar-refractivity contribution < 1.29 is 4.42 Å². The zero-order chi connectivity index (χ0) is 29.3. The number of anilines is 2. The summed E-state index contributed by atoms with van der Waals surface area (Å²) in [5, 5.41) is 2.20. The van der Waals surface area contributed by atoms with Crippen LogP contribution in [0.1, 0.15) is 24.8 Å². The van der Waals surface area contributed by atoms with Crippen LogP contribution >= 0.6 is 0 Å². The summed E-state index contributed by atoms with van der Waals surface area (Å²) in [4.78, 5) is 6.74. The Morgan fingerprint density at radius 3 is 2.16 bits per heavy atom. The van der Waals surface area contributed by atoms with Crippen LogP contribution in [-0.2, 0) is 0 Å². The quantitative estimate of drug-likeness (QED) is 0.200. The van der Waals surface area contributed by atoms with Crippen LogP contribution in [0.15, 0.2) is 168 Å². The summed E-state index contributed by atoms with van der Waals surface area (Å²) in [5.74, 6) is 0.307. The lowest BCUT2D eigenvalue weighted by Crippen LogP contribution is -2.22. The smallest absolute Gasteiger partial charge is 0.153 e. The first-order valence-corrected chi connectivity index (χ1v) is 15.4. The molecule has 0 radical (unpaired) electrons. The van der Waals surface area contributed by atoms with Crippen LogP contribution in [0.5, 0.6) is 0 Å². The van der Waals surface area contributed by atoms with Crippen LogP contribution in [0, 0.1) is 5.92 Å². The van der Waals surface area contributed by atoms with E-state index in [0.717, 1.165) is 52.6 Å². The normalized spacial score (nSPS) is 16.5. The van der Waals surface area contributed by atoms with Crippen molar-refractivity contribution in [3.8, 4) is 11.1 Å². The molecule has 0 bridgehead atoms. The molecule has 2 aliphatic carbocycles. The number of hydrogen-bond acceptors (Lipinski definition) is 3. The van der Waals surface area contributed by atoms with Gasteiger partial charge < -0.3 is 9.32 Å². The van der Waals surface area contributed by atoms with Gasteiger partial charge in [-0.1, -0.05) is 103 Å². The van der Waals surface area contributed by atoms with E-state index in [2.05, 4.69) is 143 Å². The minimum Gasteiger partial charge on any atom is -0.454 e. The van der Waals surface area contributed by atoms with E-state index >= 15 is 0 Å². The number of furan rings is 1. The Bertz CT molecular complexity index is 2080. The highest BCUT2D eigenvalue weighted by molar-refractivity contribution is 6.05. The lowest BCUT2D eigenvalue weighted by molar-refractivity contribution is 0.667. The van der Waals surface area contributed by atoms with Crippen molar-refractivity contribution in [2.24, 2.45) is 5.92 Å². The Kier molecular flexibility index (Phi) is 6.77. The van der Waals surface area contributed by atoms with Gasteiger partial charge in [0.05, 0.1) is 6.20 Å². The van der Waals surface area contributed by atoms with E-state index in [9.17, 15) is 0 Å². The number of allylic oxidation sites excluding steroid dienone is 8. The molecule has 2 aromatic heterocycles. The molecular weight excluding hydrogens is 536 g/mol. The fourth-order valence-corrected chi connectivity index (χ4v) is 6.65. The van der Waals surface area contributed by atoms with Crippen LogP contribution in [0.3, 0.4) is 0 Å². The van der Waals surface area contributed by atoms with Crippen molar-refractivity contribution >= 4 is 38.9 Å². The third-order valence-corrected chi connectivity index (χ3v) is 8.84. The summed E-state index contributed by atoms with van der Waals surface area (Å²) in [6.45, 7) is 0. The minimum absolute atomic E-state index is 0.307. The van der Waals surface area contributed by atoms with E-state index in [-0.39, 0.29) is 0 Å². The van der Waals surface area contributed by atoms with Gasteiger partial charge in [-0.2, -0.15) is 0 Å². The number of benzene rings is 4. The first-order chi connectivity index (χ1) is 21.8. The highest BCUT2D eigenvalue weighted by Gasteiger charge is 2.26. The number of rotatable bonds is 6. The first-order valence-electron chi connectivity index (χ1n) is 15.4. The molecule has 0 saturated heterocycles. The van der Waals surface area contributed by atoms with Crippen molar-refractivity contribution in [3.63, 3.8) is 0 Å². The third kappa shape index (κ3) is 4.87. The SMILES string of the molecule is C1=CCC(C2=C(N(c3ccc(-c4ccccc4)cc3)c3ccc4c(c3)oc3cnccc34)CCC(c3ccccc3)=C2)C=C1. The van der Waals surface area contributed by atoms with Gasteiger partial charge in [0.15, 0.2) is 5.58 Å². The van der Waals surface area contributed by atoms with E-state index in [1.54, 1.807) is 6.20 Å². The van der Waals surface area contributed by atoms with Crippen LogP contribution in [0.2, 0.25) is 0 Å². The second-order valence-corrected chi connectivity index (χ2v) is 11.5. The summed E-state index contributed by atoms with van der Waals surface area (Å²) < 4.78 is 6.32. The van der Waals surface area contributed by atoms with Crippen LogP contribution < -0.4 is 4.90 Å². The zero-order valence-electron chi connectivity index (χ0n) is 24.4. The van der Waals surface area contributed by atoms with Crippen molar-refractivity contribution in [2.45, 2.75) is 19.3 Å². The number of pyridine rings is 1. The average Bonchev–Trinajstić information content (AvgIpc) is 3.48. The Labute approximate surface area is 257 Å². The summed E-state index contributed by atoms with van der Waals surface area (Å²) in [6, 6.07) is 39.0. The molecule has 2 heterocycles. The van der Waals surface area contributed by atoms with E-state index in [0.29, 0.717) is 5.92 Å². The fourth-order valence-electron chi connectivity index (χ4n) is 6.65. The van der Waals surface area contributed by atoms with Crippen molar-refractivity contribution in [2.75, 3.05) is 4.90 Å². The second-order valence-electron chi connectivity index (χ2n) is 11.5. The summed E-state index contributed by atoms with van der Waals surface area (Å²) >= 11 is 0. The highest BCUT2D eigenvalue weighted by Crippen LogP contribution is 2.44. The van der Waals surface area contributed by atoms with Gasteiger partial charge in [-0.25, -0.2) is 0 Å². The van der Waals surface area contributed by atoms with Gasteiger partial charge in [-0.15, -0.1) is 0 Å². The summed E-state index contributed by atoms with van der Waals surface area (Å²) in [6.07, 6.45) is 18.0. The molecule has 3 nitrogen and oxygen atoms in total. The molecule has 1 atom stereocenters. The molecule has 212 valence electrons. The van der Waals surface area contributed by atoms with E-state index in [1.807, 2.05) is 12.3 Å². The average molecular weight is 569 g/mol. The molecule has 3 heteroatoms. The van der Waals surface area contributed by atoms with Gasteiger partial charge in [0.2, 0.25) is 0 Å². The van der Waals surface area contributed by atoms with Gasteiger partial charge in [0, 0.05) is 46.0 Å². The van der Waals surface area contributed by atoms with Gasteiger partial charge >= 0.3 is 0 Å². The van der Waals surface area contributed by atoms with E-state index in [4.69, 9.17) is 4.42 Å². The van der Waals surface area contributed by atoms with Crippen molar-refractivity contribution in [1.82, 2.24) is 4.98 Å². The topological polar surface area (TPSA) is 29.3 Å². The monoisotopic (exact) mass is 568 g/mol. The Morgan fingerprint density at radius 1 is 0.659 bits per heavy atom. The molecule has 0 spiro atoms. The molecule has 0 saturated carbocycles. The highest BCUT2D eigenvalue weighted by atomic mass is 16.3. The maximum Gasteiger partial charge on any atom is 0.153 e. The molecule has 4 aromatic carbocycles. The molecular formula is C41H32N2O. The molecule has 0 fully saturated rings. The molecule has 0 amide bonds. The molecule has 1 unspecified atom stereocenters.